The molecule has 7 nitrogen and oxygen atoms in total. The fraction of sp³-hybridized carbons (Fsp3) is 0.542. The van der Waals surface area contributed by atoms with Crippen LogP contribution < -0.4 is 5.32 Å². The predicted molar refractivity (Wildman–Crippen MR) is 127 cm³/mol. The maximum atomic E-state index is 13.2. The van der Waals surface area contributed by atoms with E-state index in [9.17, 15) is 14.0 Å². The molecule has 0 radical (unpaired) electrons. The van der Waals surface area contributed by atoms with E-state index in [0.29, 0.717) is 49.4 Å². The fourth-order valence-electron chi connectivity index (χ4n) is 4.38. The molecule has 9 heteroatoms. The van der Waals surface area contributed by atoms with Crippen molar-refractivity contribution in [2.75, 3.05) is 40.3 Å². The predicted octanol–water partition coefficient (Wildman–Crippen LogP) is 3.53. The highest BCUT2D eigenvalue weighted by Gasteiger charge is 2.31. The monoisotopic (exact) mass is 477 g/mol. The van der Waals surface area contributed by atoms with Crippen LogP contribution in [0.1, 0.15) is 42.7 Å². The van der Waals surface area contributed by atoms with Crippen molar-refractivity contribution in [3.05, 3.63) is 46.5 Å². The molecule has 0 aliphatic carbocycles. The van der Waals surface area contributed by atoms with Gasteiger partial charge in [-0.25, -0.2) is 9.07 Å². The summed E-state index contributed by atoms with van der Waals surface area (Å²) in [6.07, 6.45) is 1.21. The first-order chi connectivity index (χ1) is 15.5. The number of aromatic nitrogens is 2. The third-order valence-corrected chi connectivity index (χ3v) is 6.28. The number of halogens is 2. The van der Waals surface area contributed by atoms with Crippen LogP contribution in [0.25, 0.3) is 5.69 Å². The van der Waals surface area contributed by atoms with Gasteiger partial charge in [-0.2, -0.15) is 5.10 Å². The van der Waals surface area contributed by atoms with Gasteiger partial charge in [-0.1, -0.05) is 25.4 Å². The van der Waals surface area contributed by atoms with Crippen molar-refractivity contribution in [2.45, 2.75) is 33.6 Å². The maximum Gasteiger partial charge on any atom is 0.258 e. The van der Waals surface area contributed by atoms with Gasteiger partial charge in [-0.3, -0.25) is 9.59 Å². The van der Waals surface area contributed by atoms with Gasteiger partial charge in [0.15, 0.2) is 0 Å². The lowest BCUT2D eigenvalue weighted by Gasteiger charge is -2.33. The number of hydrogen-bond acceptors (Lipinski definition) is 4. The molecule has 1 fully saturated rings. The number of carbonyl (C=O) groups excluding carboxylic acids is 2. The van der Waals surface area contributed by atoms with Crippen LogP contribution in [0.3, 0.4) is 0 Å². The molecule has 33 heavy (non-hydrogen) atoms. The molecule has 1 saturated heterocycles. The van der Waals surface area contributed by atoms with Gasteiger partial charge in [0, 0.05) is 32.1 Å². The van der Waals surface area contributed by atoms with E-state index < -0.39 is 0 Å². The molecular formula is C24H33ClFN5O2. The number of hydrogen-bond donors (Lipinski definition) is 1. The summed E-state index contributed by atoms with van der Waals surface area (Å²) in [5.41, 5.74) is 1.41. The Hall–Kier alpha value is -2.45. The minimum absolute atomic E-state index is 0.0191. The van der Waals surface area contributed by atoms with Gasteiger partial charge < -0.3 is 15.1 Å². The second-order valence-electron chi connectivity index (χ2n) is 9.83. The van der Waals surface area contributed by atoms with E-state index in [2.05, 4.69) is 29.2 Å². The lowest BCUT2D eigenvalue weighted by molar-refractivity contribution is -0.126. The van der Waals surface area contributed by atoms with Crippen molar-refractivity contribution in [1.29, 1.82) is 0 Å². The number of nitrogens with zero attached hydrogens (tertiary/aromatic N) is 4. The Bertz CT molecular complexity index is 995. The van der Waals surface area contributed by atoms with Crippen molar-refractivity contribution in [3.8, 4) is 5.69 Å². The van der Waals surface area contributed by atoms with Crippen LogP contribution >= 0.6 is 11.6 Å². The Morgan fingerprint density at radius 2 is 1.82 bits per heavy atom. The van der Waals surface area contributed by atoms with Gasteiger partial charge in [-0.05, 0) is 63.5 Å². The van der Waals surface area contributed by atoms with Crippen molar-refractivity contribution < 1.29 is 14.0 Å². The summed E-state index contributed by atoms with van der Waals surface area (Å²) in [7, 11) is 4.04. The first kappa shape index (κ1) is 25.2. The molecule has 1 aromatic carbocycles. The van der Waals surface area contributed by atoms with Crippen LogP contribution in [-0.4, -0.2) is 71.7 Å². The molecule has 0 spiro atoms. The second kappa shape index (κ2) is 10.2. The van der Waals surface area contributed by atoms with Gasteiger partial charge in [0.1, 0.15) is 11.0 Å². The van der Waals surface area contributed by atoms with E-state index >= 15 is 0 Å². The van der Waals surface area contributed by atoms with Gasteiger partial charge in [0.05, 0.1) is 16.9 Å². The second-order valence-corrected chi connectivity index (χ2v) is 10.2. The average Bonchev–Trinajstić information content (AvgIpc) is 3.05. The molecule has 2 amide bonds. The quantitative estimate of drug-likeness (QED) is 0.662. The van der Waals surface area contributed by atoms with Crippen molar-refractivity contribution in [3.63, 3.8) is 0 Å². The molecule has 2 heterocycles. The molecular weight excluding hydrogens is 445 g/mol. The topological polar surface area (TPSA) is 70.5 Å². The number of likely N-dealkylation sites (tertiary alicyclic amines) is 1. The molecule has 1 aromatic heterocycles. The molecule has 0 unspecified atom stereocenters. The van der Waals surface area contributed by atoms with Crippen LogP contribution in [0.2, 0.25) is 5.15 Å². The highest BCUT2D eigenvalue weighted by atomic mass is 35.5. The van der Waals surface area contributed by atoms with E-state index in [1.807, 2.05) is 14.1 Å². The number of rotatable bonds is 7. The van der Waals surface area contributed by atoms with Crippen LogP contribution in [0.4, 0.5) is 4.39 Å². The third-order valence-electron chi connectivity index (χ3n) is 5.93. The molecule has 3 rings (SSSR count). The minimum Gasteiger partial charge on any atom is -0.355 e. The van der Waals surface area contributed by atoms with Crippen molar-refractivity contribution >= 4 is 23.4 Å². The van der Waals surface area contributed by atoms with E-state index in [-0.39, 0.29) is 34.1 Å². The summed E-state index contributed by atoms with van der Waals surface area (Å²) < 4.78 is 14.7. The first-order valence-corrected chi connectivity index (χ1v) is 11.6. The Balaban J connectivity index is 1.61. The lowest BCUT2D eigenvalue weighted by atomic mass is 9.91. The van der Waals surface area contributed by atoms with Gasteiger partial charge in [0.25, 0.3) is 5.91 Å². The SMILES string of the molecule is Cc1nn(-c2ccc(F)cc2)c(Cl)c1C(=O)N1CCC(C(=O)NCC(C)(C)CN(C)C)CC1. The number of piperidine rings is 1. The Morgan fingerprint density at radius 1 is 1.21 bits per heavy atom. The molecule has 180 valence electrons. The van der Waals surface area contributed by atoms with Crippen LogP contribution in [0.15, 0.2) is 24.3 Å². The van der Waals surface area contributed by atoms with Crippen LogP contribution in [0, 0.1) is 24.1 Å². The molecule has 0 bridgehead atoms. The zero-order valence-corrected chi connectivity index (χ0v) is 20.7. The summed E-state index contributed by atoms with van der Waals surface area (Å²) in [5, 5.41) is 7.67. The summed E-state index contributed by atoms with van der Waals surface area (Å²) in [4.78, 5) is 29.7. The minimum atomic E-state index is -0.358. The highest BCUT2D eigenvalue weighted by molar-refractivity contribution is 6.33. The average molecular weight is 478 g/mol. The molecule has 1 aliphatic heterocycles. The lowest BCUT2D eigenvalue weighted by Crippen LogP contribution is -2.46. The van der Waals surface area contributed by atoms with Crippen molar-refractivity contribution in [1.82, 2.24) is 24.9 Å². The fourth-order valence-corrected chi connectivity index (χ4v) is 4.73. The van der Waals surface area contributed by atoms with Crippen LogP contribution in [0.5, 0.6) is 0 Å². The Morgan fingerprint density at radius 3 is 2.39 bits per heavy atom. The number of nitrogens with one attached hydrogen (secondary N) is 1. The third kappa shape index (κ3) is 6.12. The Labute approximate surface area is 199 Å². The molecule has 0 atom stereocenters. The van der Waals surface area contributed by atoms with E-state index in [1.165, 1.54) is 16.8 Å². The van der Waals surface area contributed by atoms with Crippen molar-refractivity contribution in [2.24, 2.45) is 11.3 Å². The van der Waals surface area contributed by atoms with E-state index in [0.717, 1.165) is 6.54 Å². The Kier molecular flexibility index (Phi) is 7.80. The van der Waals surface area contributed by atoms with E-state index in [4.69, 9.17) is 11.6 Å². The summed E-state index contributed by atoms with van der Waals surface area (Å²) in [5.74, 6) is -0.616. The number of aryl methyl sites for hydroxylation is 1. The summed E-state index contributed by atoms with van der Waals surface area (Å²) >= 11 is 6.51. The zero-order chi connectivity index (χ0) is 24.3. The summed E-state index contributed by atoms with van der Waals surface area (Å²) in [6.45, 7) is 8.45. The smallest absolute Gasteiger partial charge is 0.258 e. The number of benzene rings is 1. The molecule has 0 saturated carbocycles. The number of carbonyl (C=O) groups is 2. The molecule has 2 aromatic rings. The largest absolute Gasteiger partial charge is 0.355 e. The molecule has 1 aliphatic rings. The van der Waals surface area contributed by atoms with Crippen LogP contribution in [-0.2, 0) is 4.79 Å². The van der Waals surface area contributed by atoms with E-state index in [1.54, 1.807) is 24.0 Å². The zero-order valence-electron chi connectivity index (χ0n) is 20.0. The molecule has 1 N–H and O–H groups in total. The standard InChI is InChI=1S/C24H33ClFN5O2/c1-16-20(21(25)31(28-16)19-8-6-18(26)7-9-19)23(33)30-12-10-17(11-13-30)22(32)27-14-24(2,3)15-29(4)5/h6-9,17H,10-15H2,1-5H3,(H,27,32). The van der Waals surface area contributed by atoms with Gasteiger partial charge >= 0.3 is 0 Å². The summed E-state index contributed by atoms with van der Waals surface area (Å²) in [6, 6.07) is 5.76. The number of amides is 2. The van der Waals surface area contributed by atoms with Gasteiger partial charge in [-0.15, -0.1) is 0 Å². The van der Waals surface area contributed by atoms with Gasteiger partial charge in [0.2, 0.25) is 5.91 Å². The first-order valence-electron chi connectivity index (χ1n) is 11.2. The highest BCUT2D eigenvalue weighted by Crippen LogP contribution is 2.27. The maximum absolute atomic E-state index is 13.2. The normalized spacial score (nSPS) is 15.2.